The van der Waals surface area contributed by atoms with E-state index in [4.69, 9.17) is 16.3 Å². The molecule has 0 heterocycles. The zero-order chi connectivity index (χ0) is 13.9. The summed E-state index contributed by atoms with van der Waals surface area (Å²) in [4.78, 5) is 11.1. The number of rotatable bonds is 4. The minimum atomic E-state index is -4.43. The highest BCUT2D eigenvalue weighted by molar-refractivity contribution is 8.00. The summed E-state index contributed by atoms with van der Waals surface area (Å²) in [5.74, 6) is -0.376. The lowest BCUT2D eigenvalue weighted by Gasteiger charge is -2.16. The number of hydrogen-bond acceptors (Lipinski definition) is 3. The summed E-state index contributed by atoms with van der Waals surface area (Å²) in [6.07, 6.45) is 0. The van der Waals surface area contributed by atoms with Crippen LogP contribution in [0.5, 0.6) is 5.75 Å². The fourth-order valence-corrected chi connectivity index (χ4v) is 2.24. The molecule has 0 aliphatic rings. The van der Waals surface area contributed by atoms with Crippen LogP contribution in [-0.4, -0.2) is 18.4 Å². The van der Waals surface area contributed by atoms with Crippen LogP contribution in [0.2, 0.25) is 0 Å². The third kappa shape index (κ3) is 3.81. The molecule has 1 atom stereocenters. The average Bonchev–Trinajstić information content (AvgIpc) is 2.25. The molecule has 0 saturated heterocycles. The van der Waals surface area contributed by atoms with Gasteiger partial charge < -0.3 is 4.74 Å². The van der Waals surface area contributed by atoms with Crippen molar-refractivity contribution in [1.29, 1.82) is 0 Å². The summed E-state index contributed by atoms with van der Waals surface area (Å²) in [6.45, 7) is 1.26. The third-order valence-corrected chi connectivity index (χ3v) is 3.38. The molecule has 100 valence electrons. The third-order valence-electron chi connectivity index (χ3n) is 2.07. The average molecular weight is 299 g/mol. The Morgan fingerprint density at radius 3 is 2.50 bits per heavy atom. The predicted octanol–water partition coefficient (Wildman–Crippen LogP) is 4.18. The number of ether oxygens (including phenoxy) is 1. The van der Waals surface area contributed by atoms with Crippen LogP contribution in [-0.2, 0) is 4.79 Å². The fraction of sp³-hybridized carbons (Fsp3) is 0.364. The largest absolute Gasteiger partial charge is 0.495 e. The topological polar surface area (TPSA) is 26.3 Å². The van der Waals surface area contributed by atoms with Crippen LogP contribution in [0, 0.1) is 0 Å². The van der Waals surface area contributed by atoms with Crippen molar-refractivity contribution in [2.24, 2.45) is 0 Å². The molecular formula is C11H10ClF3O2S. The molecule has 7 heteroatoms. The van der Waals surface area contributed by atoms with Crippen LogP contribution in [0.1, 0.15) is 17.9 Å². The van der Waals surface area contributed by atoms with E-state index >= 15 is 0 Å². The Labute approximate surface area is 111 Å². The first-order chi connectivity index (χ1) is 8.26. The summed E-state index contributed by atoms with van der Waals surface area (Å²) >= 11 is 5.55. The first-order valence-electron chi connectivity index (χ1n) is 4.83. The number of ketones is 1. The Morgan fingerprint density at radius 2 is 2.06 bits per heavy atom. The van der Waals surface area contributed by atoms with Crippen LogP contribution in [0.3, 0.4) is 0 Å². The maximum Gasteiger partial charge on any atom is 0.446 e. The number of hydrogen-bond donors (Lipinski definition) is 0. The summed E-state index contributed by atoms with van der Waals surface area (Å²) in [7, 11) is 1.24. The minimum Gasteiger partial charge on any atom is -0.495 e. The molecule has 0 saturated carbocycles. The van der Waals surface area contributed by atoms with Crippen LogP contribution in [0.4, 0.5) is 13.2 Å². The minimum absolute atomic E-state index is 0.0185. The molecule has 2 nitrogen and oxygen atoms in total. The Morgan fingerprint density at radius 1 is 1.44 bits per heavy atom. The Kier molecular flexibility index (Phi) is 4.92. The second kappa shape index (κ2) is 5.84. The van der Waals surface area contributed by atoms with E-state index in [0.29, 0.717) is 0 Å². The molecule has 1 rings (SSSR count). The number of carbonyl (C=O) groups excluding carboxylic acids is 1. The van der Waals surface area contributed by atoms with E-state index < -0.39 is 10.9 Å². The predicted molar refractivity (Wildman–Crippen MR) is 64.2 cm³/mol. The van der Waals surface area contributed by atoms with Gasteiger partial charge in [-0.3, -0.25) is 4.79 Å². The summed E-state index contributed by atoms with van der Waals surface area (Å²) in [5, 5.41) is -1.02. The van der Waals surface area contributed by atoms with Gasteiger partial charge in [0.25, 0.3) is 0 Å². The maximum atomic E-state index is 12.4. The summed E-state index contributed by atoms with van der Waals surface area (Å²) in [5.41, 5.74) is -4.19. The number of para-hydroxylation sites is 1. The number of benzene rings is 1. The van der Waals surface area contributed by atoms with E-state index in [1.54, 1.807) is 0 Å². The van der Waals surface area contributed by atoms with E-state index in [1.807, 2.05) is 0 Å². The van der Waals surface area contributed by atoms with Crippen molar-refractivity contribution in [3.8, 4) is 5.75 Å². The second-order valence-corrected chi connectivity index (χ2v) is 4.94. The fourth-order valence-electron chi connectivity index (χ4n) is 1.37. The monoisotopic (exact) mass is 298 g/mol. The van der Waals surface area contributed by atoms with Crippen molar-refractivity contribution >= 4 is 29.1 Å². The van der Waals surface area contributed by atoms with Gasteiger partial charge in [-0.2, -0.15) is 13.2 Å². The van der Waals surface area contributed by atoms with Gasteiger partial charge in [-0.25, -0.2) is 0 Å². The van der Waals surface area contributed by atoms with Crippen molar-refractivity contribution in [2.45, 2.75) is 22.7 Å². The van der Waals surface area contributed by atoms with Crippen molar-refractivity contribution < 1.29 is 22.7 Å². The van der Waals surface area contributed by atoms with Crippen LogP contribution < -0.4 is 4.74 Å². The summed E-state index contributed by atoms with van der Waals surface area (Å²) < 4.78 is 42.0. The molecule has 1 aromatic rings. The zero-order valence-corrected chi connectivity index (χ0v) is 11.1. The molecule has 0 N–H and O–H groups in total. The molecule has 0 aromatic heterocycles. The van der Waals surface area contributed by atoms with E-state index in [1.165, 1.54) is 32.2 Å². The first-order valence-corrected chi connectivity index (χ1v) is 6.08. The zero-order valence-electron chi connectivity index (χ0n) is 9.55. The van der Waals surface area contributed by atoms with Gasteiger partial charge >= 0.3 is 5.51 Å². The van der Waals surface area contributed by atoms with Crippen LogP contribution in [0.25, 0.3) is 0 Å². The molecule has 1 aromatic carbocycles. The molecule has 18 heavy (non-hydrogen) atoms. The molecule has 0 aliphatic heterocycles. The van der Waals surface area contributed by atoms with Gasteiger partial charge in [0, 0.05) is 5.56 Å². The molecule has 0 bridgehead atoms. The second-order valence-electron chi connectivity index (χ2n) is 3.40. The van der Waals surface area contributed by atoms with Gasteiger partial charge in [0.2, 0.25) is 0 Å². The molecular weight excluding hydrogens is 289 g/mol. The van der Waals surface area contributed by atoms with Crippen molar-refractivity contribution in [3.05, 3.63) is 23.8 Å². The maximum absolute atomic E-state index is 12.4. The highest BCUT2D eigenvalue weighted by Crippen LogP contribution is 2.44. The number of methoxy groups -OCH3 is 1. The van der Waals surface area contributed by atoms with Gasteiger partial charge in [-0.1, -0.05) is 12.1 Å². The van der Waals surface area contributed by atoms with Crippen molar-refractivity contribution in [3.63, 3.8) is 0 Å². The van der Waals surface area contributed by atoms with Crippen LogP contribution >= 0.6 is 23.4 Å². The molecule has 0 radical (unpaired) electrons. The SMILES string of the molecule is COc1c(SC(F)(F)F)cccc1C(Cl)C(C)=O. The van der Waals surface area contributed by atoms with Crippen molar-refractivity contribution in [2.75, 3.05) is 7.11 Å². The smallest absolute Gasteiger partial charge is 0.446 e. The molecule has 0 aliphatic carbocycles. The number of halogens is 4. The van der Waals surface area contributed by atoms with Gasteiger partial charge in [-0.15, -0.1) is 11.6 Å². The lowest BCUT2D eigenvalue weighted by Crippen LogP contribution is -2.06. The number of carbonyl (C=O) groups is 1. The Bertz CT molecular complexity index is 448. The lowest BCUT2D eigenvalue weighted by atomic mass is 10.1. The van der Waals surface area contributed by atoms with E-state index in [9.17, 15) is 18.0 Å². The van der Waals surface area contributed by atoms with Gasteiger partial charge in [0.1, 0.15) is 11.1 Å². The van der Waals surface area contributed by atoms with E-state index in [2.05, 4.69) is 0 Å². The van der Waals surface area contributed by atoms with Gasteiger partial charge in [0.05, 0.1) is 12.0 Å². The van der Waals surface area contributed by atoms with Crippen molar-refractivity contribution in [1.82, 2.24) is 0 Å². The number of Topliss-reactive ketones (excluding diaryl/α,β-unsaturated/α-hetero) is 1. The van der Waals surface area contributed by atoms with Gasteiger partial charge in [0.15, 0.2) is 5.78 Å². The number of alkyl halides is 4. The molecule has 0 amide bonds. The Hall–Kier alpha value is -0.880. The first kappa shape index (κ1) is 15.2. The Balaban J connectivity index is 3.22. The molecule has 0 fully saturated rings. The highest BCUT2D eigenvalue weighted by atomic mass is 35.5. The van der Waals surface area contributed by atoms with E-state index in [0.717, 1.165) is 0 Å². The highest BCUT2D eigenvalue weighted by Gasteiger charge is 2.32. The van der Waals surface area contributed by atoms with Crippen LogP contribution in [0.15, 0.2) is 23.1 Å². The standard InChI is InChI=1S/C11H10ClF3O2S/c1-6(16)9(12)7-4-3-5-8(10(7)17-2)18-11(13,14)15/h3-5,9H,1-2H3. The molecule has 0 spiro atoms. The normalized spacial score (nSPS) is 13.2. The van der Waals surface area contributed by atoms with E-state index in [-0.39, 0.29) is 33.8 Å². The molecule has 1 unspecified atom stereocenters. The van der Waals surface area contributed by atoms with Gasteiger partial charge in [-0.05, 0) is 24.8 Å². The summed E-state index contributed by atoms with van der Waals surface area (Å²) in [6, 6.07) is 4.15. The lowest BCUT2D eigenvalue weighted by molar-refractivity contribution is -0.116. The number of thioether (sulfide) groups is 1. The quantitative estimate of drug-likeness (QED) is 0.616.